The van der Waals surface area contributed by atoms with Crippen molar-refractivity contribution in [1.82, 2.24) is 19.5 Å². The average Bonchev–Trinajstić information content (AvgIpc) is 3.87. The first-order valence-electron chi connectivity index (χ1n) is 16.9. The van der Waals surface area contributed by atoms with Crippen LogP contribution in [0.3, 0.4) is 0 Å². The molecule has 7 aromatic carbocycles. The van der Waals surface area contributed by atoms with Gasteiger partial charge in [0.1, 0.15) is 11.2 Å². The number of furan rings is 1. The highest BCUT2D eigenvalue weighted by molar-refractivity contribution is 7.25. The number of aromatic nitrogens is 4. The van der Waals surface area contributed by atoms with Gasteiger partial charge in [-0.05, 0) is 66.7 Å². The van der Waals surface area contributed by atoms with Crippen LogP contribution < -0.4 is 0 Å². The molecule has 0 N–H and O–H groups in total. The number of para-hydroxylation sites is 3. The van der Waals surface area contributed by atoms with Crippen LogP contribution in [0.5, 0.6) is 0 Å². The Morgan fingerprint density at radius 3 is 1.80 bits per heavy atom. The van der Waals surface area contributed by atoms with Gasteiger partial charge in [0.2, 0.25) is 0 Å². The summed E-state index contributed by atoms with van der Waals surface area (Å²) in [7, 11) is 0. The first-order valence-corrected chi connectivity index (χ1v) is 17.8. The molecule has 0 saturated heterocycles. The lowest BCUT2D eigenvalue weighted by molar-refractivity contribution is 0.669. The normalized spacial score (nSPS) is 11.9. The van der Waals surface area contributed by atoms with E-state index in [-0.39, 0.29) is 0 Å². The molecule has 0 aliphatic rings. The molecule has 4 aromatic heterocycles. The van der Waals surface area contributed by atoms with E-state index in [0.717, 1.165) is 49.7 Å². The molecule has 0 unspecified atom stereocenters. The minimum absolute atomic E-state index is 0.598. The van der Waals surface area contributed by atoms with Gasteiger partial charge in [0, 0.05) is 64.1 Å². The molecule has 0 saturated carbocycles. The highest BCUT2D eigenvalue weighted by atomic mass is 32.1. The van der Waals surface area contributed by atoms with E-state index in [0.29, 0.717) is 17.5 Å². The number of benzene rings is 7. The Morgan fingerprint density at radius 2 is 1.02 bits per heavy atom. The topological polar surface area (TPSA) is 56.7 Å². The second-order valence-electron chi connectivity index (χ2n) is 12.8. The van der Waals surface area contributed by atoms with E-state index in [4.69, 9.17) is 19.4 Å². The lowest BCUT2D eigenvalue weighted by Crippen LogP contribution is -2.01. The van der Waals surface area contributed by atoms with E-state index in [1.54, 1.807) is 11.3 Å². The molecule has 0 fully saturated rings. The second kappa shape index (κ2) is 10.9. The van der Waals surface area contributed by atoms with Crippen LogP contribution in [0.4, 0.5) is 0 Å². The summed E-state index contributed by atoms with van der Waals surface area (Å²) in [5, 5.41) is 7.00. The molecule has 5 nitrogen and oxygen atoms in total. The van der Waals surface area contributed by atoms with Gasteiger partial charge in [-0.2, -0.15) is 0 Å². The zero-order chi connectivity index (χ0) is 33.5. The number of hydrogen-bond donors (Lipinski definition) is 0. The van der Waals surface area contributed by atoms with Crippen LogP contribution in [0.2, 0.25) is 0 Å². The van der Waals surface area contributed by atoms with Crippen LogP contribution in [0.25, 0.3) is 104 Å². The maximum Gasteiger partial charge on any atom is 0.164 e. The Bertz CT molecular complexity index is 3100. The van der Waals surface area contributed by atoms with Crippen molar-refractivity contribution in [2.45, 2.75) is 0 Å². The van der Waals surface area contributed by atoms with Gasteiger partial charge in [-0.25, -0.2) is 15.0 Å². The Balaban J connectivity index is 1.11. The summed E-state index contributed by atoms with van der Waals surface area (Å²) in [5.74, 6) is 1.85. The summed E-state index contributed by atoms with van der Waals surface area (Å²) < 4.78 is 11.0. The number of nitrogens with zero attached hydrogens (tertiary/aromatic N) is 4. The molecule has 0 aliphatic heterocycles. The number of fused-ring (bicyclic) bond motifs is 9. The average molecular weight is 671 g/mol. The third kappa shape index (κ3) is 4.37. The summed E-state index contributed by atoms with van der Waals surface area (Å²) in [4.78, 5) is 15.5. The molecule has 0 radical (unpaired) electrons. The highest BCUT2D eigenvalue weighted by Gasteiger charge is 2.18. The molecule has 6 heteroatoms. The van der Waals surface area contributed by atoms with Crippen molar-refractivity contribution >= 4 is 75.3 Å². The molecular weight excluding hydrogens is 645 g/mol. The Labute approximate surface area is 295 Å². The van der Waals surface area contributed by atoms with Crippen molar-refractivity contribution in [2.75, 3.05) is 0 Å². The summed E-state index contributed by atoms with van der Waals surface area (Å²) in [6.45, 7) is 0. The van der Waals surface area contributed by atoms with Crippen LogP contribution in [0.1, 0.15) is 0 Å². The third-order valence-corrected chi connectivity index (χ3v) is 11.0. The van der Waals surface area contributed by atoms with Crippen molar-refractivity contribution in [2.24, 2.45) is 0 Å². The quantitative estimate of drug-likeness (QED) is 0.187. The minimum Gasteiger partial charge on any atom is -0.456 e. The Morgan fingerprint density at radius 1 is 0.431 bits per heavy atom. The van der Waals surface area contributed by atoms with E-state index in [2.05, 4.69) is 138 Å². The van der Waals surface area contributed by atoms with Gasteiger partial charge in [0.15, 0.2) is 17.5 Å². The summed E-state index contributed by atoms with van der Waals surface area (Å²) in [5.41, 5.74) is 7.87. The summed E-state index contributed by atoms with van der Waals surface area (Å²) in [6.07, 6.45) is 0. The third-order valence-electron chi connectivity index (χ3n) is 9.88. The zero-order valence-electron chi connectivity index (χ0n) is 27.1. The van der Waals surface area contributed by atoms with E-state index >= 15 is 0 Å². The molecule has 0 atom stereocenters. The van der Waals surface area contributed by atoms with Gasteiger partial charge in [-0.3, -0.25) is 0 Å². The van der Waals surface area contributed by atoms with Crippen molar-refractivity contribution in [3.63, 3.8) is 0 Å². The first-order chi connectivity index (χ1) is 25.3. The van der Waals surface area contributed by atoms with E-state index < -0.39 is 0 Å². The van der Waals surface area contributed by atoms with Crippen LogP contribution >= 0.6 is 11.3 Å². The highest BCUT2D eigenvalue weighted by Crippen LogP contribution is 2.40. The van der Waals surface area contributed by atoms with Gasteiger partial charge >= 0.3 is 0 Å². The largest absolute Gasteiger partial charge is 0.456 e. The van der Waals surface area contributed by atoms with Crippen molar-refractivity contribution in [1.29, 1.82) is 0 Å². The van der Waals surface area contributed by atoms with Crippen LogP contribution in [-0.2, 0) is 0 Å². The second-order valence-corrected chi connectivity index (χ2v) is 13.9. The molecule has 4 heterocycles. The van der Waals surface area contributed by atoms with Gasteiger partial charge in [-0.15, -0.1) is 11.3 Å². The van der Waals surface area contributed by atoms with Gasteiger partial charge in [-0.1, -0.05) is 91.0 Å². The number of hydrogen-bond acceptors (Lipinski definition) is 5. The van der Waals surface area contributed by atoms with Crippen LogP contribution in [0, 0.1) is 0 Å². The molecular formula is C45H26N4OS. The van der Waals surface area contributed by atoms with Crippen LogP contribution in [0.15, 0.2) is 162 Å². The zero-order valence-corrected chi connectivity index (χ0v) is 27.9. The number of thiophene rings is 1. The summed E-state index contributed by atoms with van der Waals surface area (Å²) >= 11 is 1.79. The molecule has 238 valence electrons. The molecule has 0 spiro atoms. The Kier molecular flexibility index (Phi) is 6.05. The van der Waals surface area contributed by atoms with Gasteiger partial charge < -0.3 is 8.98 Å². The van der Waals surface area contributed by atoms with Gasteiger partial charge in [0.25, 0.3) is 0 Å². The Hall–Kier alpha value is -6.63. The maximum atomic E-state index is 6.28. The van der Waals surface area contributed by atoms with Crippen LogP contribution in [-0.4, -0.2) is 19.5 Å². The van der Waals surface area contributed by atoms with Crippen molar-refractivity contribution < 1.29 is 4.42 Å². The predicted octanol–water partition coefficient (Wildman–Crippen LogP) is 12.2. The fraction of sp³-hybridized carbons (Fsp3) is 0. The smallest absolute Gasteiger partial charge is 0.164 e. The number of rotatable bonds is 4. The molecule has 0 amide bonds. The lowest BCUT2D eigenvalue weighted by atomic mass is 10.1. The van der Waals surface area contributed by atoms with E-state index in [1.807, 2.05) is 24.3 Å². The molecule has 0 bridgehead atoms. The summed E-state index contributed by atoms with van der Waals surface area (Å²) in [6, 6.07) is 55.0. The fourth-order valence-electron chi connectivity index (χ4n) is 7.54. The van der Waals surface area contributed by atoms with Crippen molar-refractivity contribution in [3.8, 4) is 39.9 Å². The monoisotopic (exact) mass is 670 g/mol. The van der Waals surface area contributed by atoms with E-state index in [1.165, 1.54) is 36.6 Å². The first kappa shape index (κ1) is 28.2. The predicted molar refractivity (Wildman–Crippen MR) is 211 cm³/mol. The van der Waals surface area contributed by atoms with Gasteiger partial charge in [0.05, 0.1) is 11.0 Å². The molecule has 0 aliphatic carbocycles. The molecule has 11 aromatic rings. The van der Waals surface area contributed by atoms with Crippen molar-refractivity contribution in [3.05, 3.63) is 158 Å². The maximum absolute atomic E-state index is 6.28. The minimum atomic E-state index is 0.598. The molecule has 11 rings (SSSR count). The molecule has 51 heavy (non-hydrogen) atoms. The lowest BCUT2D eigenvalue weighted by Gasteiger charge is -2.11. The standard InChI is InChI=1S/C45H26N4OS/c1-5-15-36-30(10-1)31-11-2-6-16-37(31)49(36)29-23-20-27(21-24-29)43-46-44(28-22-25-33-32-12-3-7-17-38(32)50-39(33)26-28)48-45(47-43)35-14-9-19-41-42(35)34-13-4-8-18-40(34)51-41/h1-26H. The fourth-order valence-corrected chi connectivity index (χ4v) is 8.67. The van der Waals surface area contributed by atoms with E-state index in [9.17, 15) is 0 Å². The SMILES string of the molecule is c1ccc2c(c1)oc1cc(-c3nc(-c4ccc(-n5c6ccccc6c6ccccc65)cc4)nc(-c4cccc5sc6ccccc6c45)n3)ccc12.